The third kappa shape index (κ3) is 3.18. The highest BCUT2D eigenvalue weighted by molar-refractivity contribution is 5.78. The Hall–Kier alpha value is -1.65. The van der Waals surface area contributed by atoms with Crippen molar-refractivity contribution in [1.29, 1.82) is 0 Å². The molecule has 0 aliphatic rings. The van der Waals surface area contributed by atoms with Gasteiger partial charge in [0, 0.05) is 33.0 Å². The first-order valence-corrected chi connectivity index (χ1v) is 5.26. The van der Waals surface area contributed by atoms with E-state index in [0.29, 0.717) is 12.5 Å². The normalized spacial score (nSPS) is 12.0. The second-order valence-electron chi connectivity index (χ2n) is 3.96. The van der Waals surface area contributed by atoms with Crippen LogP contribution < -0.4 is 10.2 Å². The number of nitrogens with one attached hydrogen (secondary N) is 1. The van der Waals surface area contributed by atoms with Crippen molar-refractivity contribution in [3.8, 4) is 0 Å². The quantitative estimate of drug-likeness (QED) is 0.810. The molecule has 1 unspecified atom stereocenters. The molecule has 1 atom stereocenters. The predicted molar refractivity (Wildman–Crippen MR) is 63.3 cm³/mol. The molecule has 0 radical (unpaired) electrons. The highest BCUT2D eigenvalue weighted by atomic mass is 16.1. The number of rotatable bonds is 4. The lowest BCUT2D eigenvalue weighted by atomic mass is 10.1. The monoisotopic (exact) mass is 222 g/mol. The second-order valence-corrected chi connectivity index (χ2v) is 3.96. The van der Waals surface area contributed by atoms with E-state index in [4.69, 9.17) is 0 Å². The standard InChI is InChI=1S/C11H18N4O/c1-8-5-13-11(14-6-8)15(4)7-9(2)10(16)12-3/h5-6,9H,7H2,1-4H3,(H,12,16). The zero-order valence-electron chi connectivity index (χ0n) is 10.2. The van der Waals surface area contributed by atoms with Crippen molar-refractivity contribution in [3.63, 3.8) is 0 Å². The Labute approximate surface area is 95.9 Å². The van der Waals surface area contributed by atoms with Gasteiger partial charge < -0.3 is 10.2 Å². The third-order valence-corrected chi connectivity index (χ3v) is 2.35. The van der Waals surface area contributed by atoms with Crippen LogP contribution in [-0.2, 0) is 4.79 Å². The Kier molecular flexibility index (Phi) is 4.22. The lowest BCUT2D eigenvalue weighted by Crippen LogP contribution is -2.35. The van der Waals surface area contributed by atoms with E-state index in [-0.39, 0.29) is 11.8 Å². The van der Waals surface area contributed by atoms with Gasteiger partial charge in [-0.05, 0) is 12.5 Å². The van der Waals surface area contributed by atoms with Crippen molar-refractivity contribution in [2.24, 2.45) is 5.92 Å². The summed E-state index contributed by atoms with van der Waals surface area (Å²) in [4.78, 5) is 21.6. The molecule has 0 aliphatic carbocycles. The van der Waals surface area contributed by atoms with E-state index in [1.54, 1.807) is 19.4 Å². The van der Waals surface area contributed by atoms with Gasteiger partial charge in [-0.15, -0.1) is 0 Å². The van der Waals surface area contributed by atoms with Gasteiger partial charge in [0.2, 0.25) is 11.9 Å². The molecule has 0 saturated carbocycles. The van der Waals surface area contributed by atoms with Gasteiger partial charge in [0.05, 0.1) is 5.92 Å². The van der Waals surface area contributed by atoms with E-state index >= 15 is 0 Å². The van der Waals surface area contributed by atoms with E-state index in [0.717, 1.165) is 5.56 Å². The lowest BCUT2D eigenvalue weighted by Gasteiger charge is -2.20. The minimum atomic E-state index is -0.0834. The molecule has 0 bridgehead atoms. The summed E-state index contributed by atoms with van der Waals surface area (Å²) < 4.78 is 0. The fraction of sp³-hybridized carbons (Fsp3) is 0.545. The smallest absolute Gasteiger partial charge is 0.225 e. The first kappa shape index (κ1) is 12.4. The molecular formula is C11H18N4O. The van der Waals surface area contributed by atoms with Crippen molar-refractivity contribution < 1.29 is 4.79 Å². The van der Waals surface area contributed by atoms with Gasteiger partial charge in [-0.3, -0.25) is 4.79 Å². The Morgan fingerprint density at radius 2 is 2.06 bits per heavy atom. The molecule has 1 rings (SSSR count). The maximum Gasteiger partial charge on any atom is 0.225 e. The molecule has 1 amide bonds. The molecule has 1 aromatic heterocycles. The summed E-state index contributed by atoms with van der Waals surface area (Å²) in [5.41, 5.74) is 1.02. The Bertz CT molecular complexity index is 350. The molecule has 1 N–H and O–H groups in total. The van der Waals surface area contributed by atoms with Crippen LogP contribution in [0.15, 0.2) is 12.4 Å². The zero-order chi connectivity index (χ0) is 12.1. The van der Waals surface area contributed by atoms with Gasteiger partial charge in [-0.25, -0.2) is 9.97 Å². The number of hydrogen-bond acceptors (Lipinski definition) is 4. The molecule has 0 spiro atoms. The molecule has 1 heterocycles. The fourth-order valence-corrected chi connectivity index (χ4v) is 1.40. The van der Waals surface area contributed by atoms with E-state index in [2.05, 4.69) is 15.3 Å². The van der Waals surface area contributed by atoms with Gasteiger partial charge in [-0.2, -0.15) is 0 Å². The Morgan fingerprint density at radius 3 is 2.56 bits per heavy atom. The highest BCUT2D eigenvalue weighted by Crippen LogP contribution is 2.07. The number of amides is 1. The number of carbonyl (C=O) groups excluding carboxylic acids is 1. The second kappa shape index (κ2) is 5.44. The van der Waals surface area contributed by atoms with Crippen molar-refractivity contribution >= 4 is 11.9 Å². The van der Waals surface area contributed by atoms with Crippen LogP contribution in [0.25, 0.3) is 0 Å². The fourth-order valence-electron chi connectivity index (χ4n) is 1.40. The predicted octanol–water partition coefficient (Wildman–Crippen LogP) is 0.603. The minimum absolute atomic E-state index is 0.0268. The largest absolute Gasteiger partial charge is 0.359 e. The van der Waals surface area contributed by atoms with Crippen LogP contribution in [0, 0.1) is 12.8 Å². The molecule has 1 aromatic rings. The first-order chi connectivity index (χ1) is 7.54. The van der Waals surface area contributed by atoms with Gasteiger partial charge >= 0.3 is 0 Å². The molecule has 16 heavy (non-hydrogen) atoms. The molecule has 0 aromatic carbocycles. The summed E-state index contributed by atoms with van der Waals surface area (Å²) in [6.45, 7) is 4.42. The molecule has 5 nitrogen and oxygen atoms in total. The molecule has 0 fully saturated rings. The van der Waals surface area contributed by atoms with Crippen LogP contribution in [0.2, 0.25) is 0 Å². The summed E-state index contributed by atoms with van der Waals surface area (Å²) in [5, 5.41) is 2.62. The van der Waals surface area contributed by atoms with Crippen LogP contribution in [0.5, 0.6) is 0 Å². The Morgan fingerprint density at radius 1 is 1.50 bits per heavy atom. The topological polar surface area (TPSA) is 58.1 Å². The molecule has 0 saturated heterocycles. The minimum Gasteiger partial charge on any atom is -0.359 e. The van der Waals surface area contributed by atoms with E-state index < -0.39 is 0 Å². The summed E-state index contributed by atoms with van der Waals surface area (Å²) in [5.74, 6) is 0.584. The number of anilines is 1. The number of aromatic nitrogens is 2. The summed E-state index contributed by atoms with van der Waals surface area (Å²) in [6, 6.07) is 0. The maximum atomic E-state index is 11.4. The maximum absolute atomic E-state index is 11.4. The number of hydrogen-bond donors (Lipinski definition) is 1. The molecular weight excluding hydrogens is 204 g/mol. The van der Waals surface area contributed by atoms with Gasteiger partial charge in [-0.1, -0.05) is 6.92 Å². The highest BCUT2D eigenvalue weighted by Gasteiger charge is 2.14. The van der Waals surface area contributed by atoms with Crippen LogP contribution in [0.1, 0.15) is 12.5 Å². The van der Waals surface area contributed by atoms with Crippen molar-refractivity contribution in [3.05, 3.63) is 18.0 Å². The van der Waals surface area contributed by atoms with Crippen LogP contribution in [-0.4, -0.2) is 36.5 Å². The van der Waals surface area contributed by atoms with E-state index in [1.165, 1.54) is 0 Å². The SMILES string of the molecule is CNC(=O)C(C)CN(C)c1ncc(C)cn1. The van der Waals surface area contributed by atoms with Crippen LogP contribution in [0.4, 0.5) is 5.95 Å². The summed E-state index contributed by atoms with van der Waals surface area (Å²) in [6.07, 6.45) is 3.53. The van der Waals surface area contributed by atoms with Gasteiger partial charge in [0.25, 0.3) is 0 Å². The number of carbonyl (C=O) groups is 1. The Balaban J connectivity index is 2.61. The van der Waals surface area contributed by atoms with Crippen molar-refractivity contribution in [2.75, 3.05) is 25.5 Å². The van der Waals surface area contributed by atoms with Gasteiger partial charge in [0.15, 0.2) is 0 Å². The summed E-state index contributed by atoms with van der Waals surface area (Å²) in [7, 11) is 3.52. The van der Waals surface area contributed by atoms with Crippen LogP contribution in [0.3, 0.4) is 0 Å². The molecule has 88 valence electrons. The average Bonchev–Trinajstić information content (AvgIpc) is 2.28. The van der Waals surface area contributed by atoms with E-state index in [9.17, 15) is 4.79 Å². The summed E-state index contributed by atoms with van der Waals surface area (Å²) >= 11 is 0. The number of aryl methyl sites for hydroxylation is 1. The van der Waals surface area contributed by atoms with Gasteiger partial charge in [0.1, 0.15) is 0 Å². The van der Waals surface area contributed by atoms with Crippen LogP contribution >= 0.6 is 0 Å². The van der Waals surface area contributed by atoms with E-state index in [1.807, 2.05) is 25.8 Å². The first-order valence-electron chi connectivity index (χ1n) is 5.26. The third-order valence-electron chi connectivity index (χ3n) is 2.35. The van der Waals surface area contributed by atoms with Crippen molar-refractivity contribution in [2.45, 2.75) is 13.8 Å². The average molecular weight is 222 g/mol. The zero-order valence-corrected chi connectivity index (χ0v) is 10.2. The lowest BCUT2D eigenvalue weighted by molar-refractivity contribution is -0.123. The molecule has 0 aliphatic heterocycles. The van der Waals surface area contributed by atoms with Crippen molar-refractivity contribution in [1.82, 2.24) is 15.3 Å². The molecule has 5 heteroatoms. The number of nitrogens with zero attached hydrogens (tertiary/aromatic N) is 3.